The second-order valence-corrected chi connectivity index (χ2v) is 7.05. The number of nitrogens with one attached hydrogen (secondary N) is 1. The molecule has 1 aliphatic heterocycles. The van der Waals surface area contributed by atoms with Crippen molar-refractivity contribution < 1.29 is 8.78 Å². The van der Waals surface area contributed by atoms with Crippen molar-refractivity contribution in [1.29, 1.82) is 0 Å². The maximum atomic E-state index is 13.4. The molecule has 1 N–H and O–H groups in total. The molecule has 28 heavy (non-hydrogen) atoms. The zero-order valence-electron chi connectivity index (χ0n) is 15.2. The van der Waals surface area contributed by atoms with Crippen LogP contribution < -0.4 is 5.56 Å². The van der Waals surface area contributed by atoms with Gasteiger partial charge < -0.3 is 4.98 Å². The summed E-state index contributed by atoms with van der Waals surface area (Å²) in [6.45, 7) is 2.17. The number of rotatable bonds is 4. The fourth-order valence-electron chi connectivity index (χ4n) is 3.60. The van der Waals surface area contributed by atoms with Gasteiger partial charge in [-0.25, -0.2) is 13.8 Å². The number of hydrogen-bond acceptors (Lipinski definition) is 4. The van der Waals surface area contributed by atoms with Crippen LogP contribution in [-0.2, 0) is 6.54 Å². The molecule has 2 aromatic heterocycles. The smallest absolute Gasteiger partial charge is 0.251 e. The van der Waals surface area contributed by atoms with Crippen molar-refractivity contribution in [2.45, 2.75) is 25.3 Å². The Morgan fingerprint density at radius 3 is 2.50 bits per heavy atom. The van der Waals surface area contributed by atoms with Crippen LogP contribution in [-0.4, -0.2) is 32.9 Å². The number of piperidine rings is 1. The molecule has 0 atom stereocenters. The molecule has 1 aliphatic rings. The second kappa shape index (κ2) is 7.98. The summed E-state index contributed by atoms with van der Waals surface area (Å²) in [7, 11) is 0. The van der Waals surface area contributed by atoms with Crippen LogP contribution in [0.1, 0.15) is 30.1 Å². The minimum absolute atomic E-state index is 0.163. The Morgan fingerprint density at radius 1 is 1.04 bits per heavy atom. The van der Waals surface area contributed by atoms with Crippen LogP contribution in [0.4, 0.5) is 8.78 Å². The molecular formula is C21H20F2N4O. The number of halogens is 2. The summed E-state index contributed by atoms with van der Waals surface area (Å²) in [5, 5.41) is 0. The van der Waals surface area contributed by atoms with Gasteiger partial charge in [0.2, 0.25) is 0 Å². The van der Waals surface area contributed by atoms with Crippen molar-refractivity contribution in [1.82, 2.24) is 19.9 Å². The predicted molar refractivity (Wildman–Crippen MR) is 102 cm³/mol. The molecule has 0 unspecified atom stereocenters. The molecule has 0 saturated carbocycles. The normalized spacial score (nSPS) is 15.6. The number of aromatic nitrogens is 3. The van der Waals surface area contributed by atoms with Gasteiger partial charge in [0.25, 0.3) is 5.56 Å². The average molecular weight is 382 g/mol. The summed E-state index contributed by atoms with van der Waals surface area (Å²) in [5.74, 6) is -0.781. The van der Waals surface area contributed by atoms with Gasteiger partial charge in [0, 0.05) is 36.5 Å². The monoisotopic (exact) mass is 382 g/mol. The molecule has 0 aliphatic carbocycles. The number of pyridine rings is 1. The molecule has 0 bridgehead atoms. The zero-order valence-corrected chi connectivity index (χ0v) is 15.2. The maximum Gasteiger partial charge on any atom is 0.251 e. The Hall–Kier alpha value is -2.93. The van der Waals surface area contributed by atoms with Crippen molar-refractivity contribution in [3.63, 3.8) is 0 Å². The maximum absolute atomic E-state index is 13.4. The molecule has 0 radical (unpaired) electrons. The van der Waals surface area contributed by atoms with Crippen LogP contribution >= 0.6 is 0 Å². The van der Waals surface area contributed by atoms with Crippen LogP contribution in [0, 0.1) is 11.6 Å². The molecule has 1 aromatic carbocycles. The lowest BCUT2D eigenvalue weighted by Gasteiger charge is -2.31. The van der Waals surface area contributed by atoms with Gasteiger partial charge in [-0.05, 0) is 55.8 Å². The quantitative estimate of drug-likeness (QED) is 0.750. The van der Waals surface area contributed by atoms with E-state index in [2.05, 4.69) is 19.9 Å². The van der Waals surface area contributed by atoms with Gasteiger partial charge in [0.05, 0.1) is 5.69 Å². The van der Waals surface area contributed by atoms with E-state index in [4.69, 9.17) is 0 Å². The Kier molecular flexibility index (Phi) is 5.25. The third-order valence-electron chi connectivity index (χ3n) is 5.10. The second-order valence-electron chi connectivity index (χ2n) is 7.05. The molecule has 1 saturated heterocycles. The largest absolute Gasteiger partial charge is 0.310 e. The van der Waals surface area contributed by atoms with Crippen LogP contribution in [0.25, 0.3) is 11.3 Å². The van der Waals surface area contributed by atoms with E-state index >= 15 is 0 Å². The molecule has 4 rings (SSSR count). The van der Waals surface area contributed by atoms with E-state index < -0.39 is 11.6 Å². The first-order valence-electron chi connectivity index (χ1n) is 9.26. The Balaban J connectivity index is 1.44. The molecule has 0 amide bonds. The molecule has 0 spiro atoms. The molecule has 144 valence electrons. The van der Waals surface area contributed by atoms with Gasteiger partial charge >= 0.3 is 0 Å². The molecule has 3 aromatic rings. The lowest BCUT2D eigenvalue weighted by Crippen LogP contribution is -2.33. The highest BCUT2D eigenvalue weighted by molar-refractivity contribution is 5.57. The Bertz CT molecular complexity index is 1010. The van der Waals surface area contributed by atoms with Gasteiger partial charge in [-0.1, -0.05) is 6.07 Å². The molecule has 5 nitrogen and oxygen atoms in total. The van der Waals surface area contributed by atoms with Crippen molar-refractivity contribution in [2.75, 3.05) is 13.1 Å². The summed E-state index contributed by atoms with van der Waals surface area (Å²) in [4.78, 5) is 25.8. The number of H-pyrrole nitrogens is 1. The van der Waals surface area contributed by atoms with Crippen molar-refractivity contribution in [2.24, 2.45) is 0 Å². The highest BCUT2D eigenvalue weighted by atomic mass is 19.2. The molecule has 3 heterocycles. The van der Waals surface area contributed by atoms with Crippen LogP contribution in [0.5, 0.6) is 0 Å². The van der Waals surface area contributed by atoms with E-state index in [-0.39, 0.29) is 11.5 Å². The minimum Gasteiger partial charge on any atom is -0.310 e. The van der Waals surface area contributed by atoms with Gasteiger partial charge in [-0.2, -0.15) is 0 Å². The summed E-state index contributed by atoms with van der Waals surface area (Å²) in [6, 6.07) is 9.18. The Labute approximate surface area is 161 Å². The zero-order chi connectivity index (χ0) is 19.5. The molecular weight excluding hydrogens is 362 g/mol. The van der Waals surface area contributed by atoms with Crippen LogP contribution in [0.2, 0.25) is 0 Å². The van der Waals surface area contributed by atoms with Gasteiger partial charge in [-0.3, -0.25) is 14.7 Å². The summed E-state index contributed by atoms with van der Waals surface area (Å²) in [6.07, 6.45) is 5.03. The van der Waals surface area contributed by atoms with Crippen molar-refractivity contribution in [3.05, 3.63) is 82.2 Å². The highest BCUT2D eigenvalue weighted by Gasteiger charge is 2.23. The average Bonchev–Trinajstić information content (AvgIpc) is 2.71. The summed E-state index contributed by atoms with van der Waals surface area (Å²) in [5.41, 5.74) is 2.09. The van der Waals surface area contributed by atoms with Crippen molar-refractivity contribution >= 4 is 0 Å². The third-order valence-corrected chi connectivity index (χ3v) is 5.10. The topological polar surface area (TPSA) is 61.9 Å². The first-order chi connectivity index (χ1) is 13.6. The van der Waals surface area contributed by atoms with Gasteiger partial charge in [0.15, 0.2) is 11.6 Å². The minimum atomic E-state index is -0.827. The van der Waals surface area contributed by atoms with E-state index in [1.54, 1.807) is 18.5 Å². The number of nitrogens with zero attached hydrogens (tertiary/aromatic N) is 3. The Morgan fingerprint density at radius 2 is 1.79 bits per heavy atom. The third kappa shape index (κ3) is 4.14. The summed E-state index contributed by atoms with van der Waals surface area (Å²) < 4.78 is 26.5. The highest BCUT2D eigenvalue weighted by Crippen LogP contribution is 2.27. The number of aromatic amines is 1. The summed E-state index contributed by atoms with van der Waals surface area (Å²) >= 11 is 0. The van der Waals surface area contributed by atoms with E-state index in [0.717, 1.165) is 43.1 Å². The SMILES string of the molecule is O=c1cc(-c2ccncc2)nc(C2CCN(Cc3ccc(F)c(F)c3)CC2)[nH]1. The first kappa shape index (κ1) is 18.4. The van der Waals surface area contributed by atoms with Gasteiger partial charge in [0.1, 0.15) is 5.82 Å². The molecule has 7 heteroatoms. The van der Waals surface area contributed by atoms with E-state index in [1.807, 2.05) is 12.1 Å². The van der Waals surface area contributed by atoms with Crippen molar-refractivity contribution in [3.8, 4) is 11.3 Å². The number of likely N-dealkylation sites (tertiary alicyclic amines) is 1. The fourth-order valence-corrected chi connectivity index (χ4v) is 3.60. The van der Waals surface area contributed by atoms with E-state index in [0.29, 0.717) is 18.1 Å². The van der Waals surface area contributed by atoms with Gasteiger partial charge in [-0.15, -0.1) is 0 Å². The van der Waals surface area contributed by atoms with E-state index in [9.17, 15) is 13.6 Å². The first-order valence-corrected chi connectivity index (χ1v) is 9.26. The molecule has 1 fully saturated rings. The predicted octanol–water partition coefficient (Wildman–Crippen LogP) is 3.49. The van der Waals surface area contributed by atoms with Crippen LogP contribution in [0.3, 0.4) is 0 Å². The van der Waals surface area contributed by atoms with Crippen LogP contribution in [0.15, 0.2) is 53.6 Å². The lowest BCUT2D eigenvalue weighted by molar-refractivity contribution is 0.201. The number of hydrogen-bond donors (Lipinski definition) is 1. The fraction of sp³-hybridized carbons (Fsp3) is 0.286. The lowest BCUT2D eigenvalue weighted by atomic mass is 9.95. The number of benzene rings is 1. The van der Waals surface area contributed by atoms with E-state index in [1.165, 1.54) is 12.1 Å². The standard InChI is InChI=1S/C21H20F2N4O/c22-17-2-1-14(11-18(17)23)13-27-9-5-16(6-10-27)21-25-19(12-20(28)26-21)15-3-7-24-8-4-15/h1-4,7-8,11-12,16H,5-6,9-10,13H2,(H,25,26,28).